The van der Waals surface area contributed by atoms with E-state index in [-0.39, 0.29) is 31.4 Å². The van der Waals surface area contributed by atoms with Crippen molar-refractivity contribution in [1.82, 2.24) is 15.5 Å². The summed E-state index contributed by atoms with van der Waals surface area (Å²) in [4.78, 5) is 69.3. The van der Waals surface area contributed by atoms with Crippen LogP contribution in [0.3, 0.4) is 0 Å². The Hall–Kier alpha value is -4.45. The lowest BCUT2D eigenvalue weighted by Gasteiger charge is -2.45. The molecule has 0 saturated carbocycles. The first-order chi connectivity index (χ1) is 23.8. The number of alkyl carbamates (subject to hydrolysis) is 1. The third-order valence-electron chi connectivity index (χ3n) is 10.1. The summed E-state index contributed by atoms with van der Waals surface area (Å²) in [5.74, 6) is -3.98. The van der Waals surface area contributed by atoms with Gasteiger partial charge in [-0.25, -0.2) is 9.59 Å². The van der Waals surface area contributed by atoms with Crippen molar-refractivity contribution in [3.05, 3.63) is 59.7 Å². The predicted octanol–water partition coefficient (Wildman–Crippen LogP) is 5.27. The Morgan fingerprint density at radius 2 is 1.51 bits per heavy atom. The largest absolute Gasteiger partial charge is 0.480 e. The van der Waals surface area contributed by atoms with E-state index in [1.165, 1.54) is 12.0 Å². The van der Waals surface area contributed by atoms with Crippen LogP contribution >= 0.6 is 0 Å². The van der Waals surface area contributed by atoms with Crippen LogP contribution in [0.4, 0.5) is 4.79 Å². The third-order valence-corrected chi connectivity index (χ3v) is 10.1. The molecule has 1 heterocycles. The summed E-state index contributed by atoms with van der Waals surface area (Å²) in [7, 11) is 1.19. The summed E-state index contributed by atoms with van der Waals surface area (Å²) < 4.78 is 17.1. The number of benzene rings is 2. The van der Waals surface area contributed by atoms with Gasteiger partial charge in [-0.2, -0.15) is 0 Å². The Morgan fingerprint density at radius 1 is 0.941 bits per heavy atom. The number of likely N-dealkylation sites (tertiary alicyclic amines) is 1. The smallest absolute Gasteiger partial charge is 0.408 e. The number of aliphatic carboxylic acids is 1. The van der Waals surface area contributed by atoms with Crippen molar-refractivity contribution in [2.75, 3.05) is 20.3 Å². The van der Waals surface area contributed by atoms with Gasteiger partial charge in [0.2, 0.25) is 11.8 Å². The normalized spacial score (nSPS) is 19.6. The molecule has 0 bridgehead atoms. The SMILES string of the molecule is CCC(C)C(NC(=O)C1CC(OC(C)(C)C)CN1C(=O)C(CC(=O)OC)(NC(=O)OCC1c2ccccc2-c2ccccc21)C(C)(C)C)C(=O)O. The number of carboxylic acid groups (broad SMARTS) is 1. The minimum atomic E-state index is -1.94. The quantitative estimate of drug-likeness (QED) is 0.250. The van der Waals surface area contributed by atoms with Crippen LogP contribution in [0, 0.1) is 11.3 Å². The van der Waals surface area contributed by atoms with Crippen LogP contribution in [0.25, 0.3) is 11.1 Å². The highest BCUT2D eigenvalue weighted by molar-refractivity contribution is 5.98. The number of hydrogen-bond donors (Lipinski definition) is 3. The predicted molar refractivity (Wildman–Crippen MR) is 191 cm³/mol. The fraction of sp³-hybridized carbons (Fsp3) is 0.564. The Balaban J connectivity index is 1.68. The lowest BCUT2D eigenvalue weighted by atomic mass is 9.70. The molecule has 3 N–H and O–H groups in total. The highest BCUT2D eigenvalue weighted by Crippen LogP contribution is 2.45. The molecule has 51 heavy (non-hydrogen) atoms. The third kappa shape index (κ3) is 8.54. The minimum Gasteiger partial charge on any atom is -0.480 e. The van der Waals surface area contributed by atoms with E-state index in [2.05, 4.69) is 10.6 Å². The molecule has 5 unspecified atom stereocenters. The molecule has 1 aliphatic heterocycles. The Kier molecular flexibility index (Phi) is 11.9. The summed E-state index contributed by atoms with van der Waals surface area (Å²) in [6, 6.07) is 13.5. The van der Waals surface area contributed by atoms with Gasteiger partial charge in [0.05, 0.1) is 25.2 Å². The maximum atomic E-state index is 15.0. The van der Waals surface area contributed by atoms with Gasteiger partial charge < -0.3 is 34.9 Å². The first-order valence-corrected chi connectivity index (χ1v) is 17.6. The van der Waals surface area contributed by atoms with E-state index in [1.807, 2.05) is 76.2 Å². The van der Waals surface area contributed by atoms with Crippen LogP contribution in [0.2, 0.25) is 0 Å². The average Bonchev–Trinajstić information content (AvgIpc) is 3.62. The molecule has 3 amide bonds. The van der Waals surface area contributed by atoms with Crippen molar-refractivity contribution in [1.29, 1.82) is 0 Å². The van der Waals surface area contributed by atoms with Crippen LogP contribution in [0.1, 0.15) is 91.7 Å². The van der Waals surface area contributed by atoms with E-state index in [1.54, 1.807) is 27.7 Å². The fourth-order valence-corrected chi connectivity index (χ4v) is 7.08. The van der Waals surface area contributed by atoms with Crippen LogP contribution in [0.15, 0.2) is 48.5 Å². The zero-order valence-corrected chi connectivity index (χ0v) is 31.2. The molecule has 2 aromatic rings. The van der Waals surface area contributed by atoms with Gasteiger partial charge in [0.1, 0.15) is 24.2 Å². The summed E-state index contributed by atoms with van der Waals surface area (Å²) in [5.41, 5.74) is 0.429. The minimum absolute atomic E-state index is 0.0328. The van der Waals surface area contributed by atoms with E-state index in [0.29, 0.717) is 6.42 Å². The molecular weight excluding hydrogens is 654 g/mol. The molecule has 2 aliphatic rings. The number of amides is 3. The van der Waals surface area contributed by atoms with Crippen molar-refractivity contribution in [3.8, 4) is 11.1 Å². The monoisotopic (exact) mass is 707 g/mol. The van der Waals surface area contributed by atoms with Gasteiger partial charge >= 0.3 is 18.0 Å². The van der Waals surface area contributed by atoms with Gasteiger partial charge in [0.25, 0.3) is 0 Å². The summed E-state index contributed by atoms with van der Waals surface area (Å²) in [6.45, 7) is 14.1. The zero-order valence-electron chi connectivity index (χ0n) is 31.2. The standard InChI is InChI=1S/C39H53N3O9/c1-10-23(2)32(34(45)46)40-33(44)30-19-24(51-38(6,7)8)21-42(30)35(47)39(37(3,4)5,20-31(43)49-9)41-36(48)50-22-29-27-17-13-11-15-25(27)26-16-12-14-18-28(26)29/h11-18,23-24,29-30,32H,10,19-22H2,1-9H3,(H,40,44)(H,41,48)(H,45,46). The molecule has 0 aromatic heterocycles. The molecule has 12 nitrogen and oxygen atoms in total. The number of hydrogen-bond acceptors (Lipinski definition) is 8. The number of nitrogens with one attached hydrogen (secondary N) is 2. The average molecular weight is 708 g/mol. The highest BCUT2D eigenvalue weighted by Gasteiger charge is 2.57. The van der Waals surface area contributed by atoms with Gasteiger partial charge in [-0.3, -0.25) is 14.4 Å². The fourth-order valence-electron chi connectivity index (χ4n) is 7.08. The molecule has 0 radical (unpaired) electrons. The Labute approximate surface area is 300 Å². The topological polar surface area (TPSA) is 161 Å². The summed E-state index contributed by atoms with van der Waals surface area (Å²) >= 11 is 0. The molecule has 1 fully saturated rings. The van der Waals surface area contributed by atoms with Crippen molar-refractivity contribution < 1.29 is 43.3 Å². The molecule has 4 rings (SSSR count). The summed E-state index contributed by atoms with van der Waals surface area (Å²) in [6.07, 6.45) is -1.51. The number of ether oxygens (including phenoxy) is 3. The number of carbonyl (C=O) groups is 5. The van der Waals surface area contributed by atoms with Crippen molar-refractivity contribution in [2.45, 2.75) is 110 Å². The number of esters is 1. The van der Waals surface area contributed by atoms with Gasteiger partial charge in [-0.15, -0.1) is 0 Å². The molecule has 2 aromatic carbocycles. The highest BCUT2D eigenvalue weighted by atomic mass is 16.6. The first-order valence-electron chi connectivity index (χ1n) is 17.6. The van der Waals surface area contributed by atoms with Crippen LogP contribution in [0.5, 0.6) is 0 Å². The first kappa shape index (κ1) is 39.3. The second-order valence-electron chi connectivity index (χ2n) is 15.6. The van der Waals surface area contributed by atoms with Crippen molar-refractivity contribution in [2.24, 2.45) is 11.3 Å². The molecule has 278 valence electrons. The van der Waals surface area contributed by atoms with E-state index in [4.69, 9.17) is 14.2 Å². The van der Waals surface area contributed by atoms with Crippen LogP contribution < -0.4 is 10.6 Å². The van der Waals surface area contributed by atoms with E-state index in [9.17, 15) is 24.3 Å². The molecule has 12 heteroatoms. The molecule has 5 atom stereocenters. The van der Waals surface area contributed by atoms with Crippen molar-refractivity contribution >= 4 is 29.8 Å². The van der Waals surface area contributed by atoms with E-state index in [0.717, 1.165) is 22.3 Å². The second kappa shape index (κ2) is 15.4. The van der Waals surface area contributed by atoms with Gasteiger partial charge in [-0.1, -0.05) is 89.6 Å². The van der Waals surface area contributed by atoms with Crippen LogP contribution in [-0.4, -0.2) is 89.4 Å². The maximum Gasteiger partial charge on any atom is 0.408 e. The molecule has 0 spiro atoms. The van der Waals surface area contributed by atoms with Gasteiger partial charge in [-0.05, 0) is 54.4 Å². The van der Waals surface area contributed by atoms with E-state index < -0.39 is 71.0 Å². The van der Waals surface area contributed by atoms with Crippen molar-refractivity contribution in [3.63, 3.8) is 0 Å². The molecule has 1 saturated heterocycles. The lowest BCUT2D eigenvalue weighted by molar-refractivity contribution is -0.156. The Bertz CT molecular complexity index is 1580. The Morgan fingerprint density at radius 3 is 2.00 bits per heavy atom. The zero-order chi connectivity index (χ0) is 37.9. The van der Waals surface area contributed by atoms with Gasteiger partial charge in [0.15, 0.2) is 0 Å². The second-order valence-corrected chi connectivity index (χ2v) is 15.6. The number of fused-ring (bicyclic) bond motifs is 3. The number of carboxylic acids is 1. The van der Waals surface area contributed by atoms with Gasteiger partial charge in [0, 0.05) is 18.9 Å². The summed E-state index contributed by atoms with van der Waals surface area (Å²) in [5, 5.41) is 15.3. The van der Waals surface area contributed by atoms with E-state index >= 15 is 4.79 Å². The lowest BCUT2D eigenvalue weighted by Crippen LogP contribution is -2.68. The number of nitrogens with zero attached hydrogens (tertiary/aromatic N) is 1. The molecule has 1 aliphatic carbocycles. The number of methoxy groups -OCH3 is 1. The maximum absolute atomic E-state index is 15.0. The van der Waals surface area contributed by atoms with Crippen LogP contribution in [-0.2, 0) is 33.4 Å². The number of carbonyl (C=O) groups excluding carboxylic acids is 4. The molecular formula is C39H53N3O9. The number of rotatable bonds is 12.